The molecule has 1 atom stereocenters. The Bertz CT molecular complexity index is 709. The Labute approximate surface area is 125 Å². The van der Waals surface area contributed by atoms with Crippen molar-refractivity contribution in [3.8, 4) is 11.1 Å². The van der Waals surface area contributed by atoms with Crippen molar-refractivity contribution in [1.82, 2.24) is 9.55 Å². The Balaban J connectivity index is 2.69. The van der Waals surface area contributed by atoms with Gasteiger partial charge in [-0.05, 0) is 18.7 Å². The molecular formula is C14H15ClN2O2S. The van der Waals surface area contributed by atoms with E-state index in [0.29, 0.717) is 16.9 Å². The molecule has 0 bridgehead atoms. The number of benzene rings is 1. The van der Waals surface area contributed by atoms with Crippen molar-refractivity contribution in [1.29, 1.82) is 0 Å². The van der Waals surface area contributed by atoms with E-state index < -0.39 is 5.69 Å². The van der Waals surface area contributed by atoms with Gasteiger partial charge in [0, 0.05) is 11.8 Å². The first kappa shape index (κ1) is 14.9. The summed E-state index contributed by atoms with van der Waals surface area (Å²) in [5.41, 5.74) is 0.205. The number of hydrogen-bond donors (Lipinski definition) is 1. The average Bonchev–Trinajstić information content (AvgIpc) is 2.39. The summed E-state index contributed by atoms with van der Waals surface area (Å²) >= 11 is 7.63. The lowest BCUT2D eigenvalue weighted by atomic mass is 10.1. The minimum atomic E-state index is -0.471. The van der Waals surface area contributed by atoms with E-state index in [9.17, 15) is 9.59 Å². The third-order valence-corrected chi connectivity index (χ3v) is 4.10. The second-order valence-corrected chi connectivity index (χ2v) is 5.75. The Morgan fingerprint density at radius 2 is 1.95 bits per heavy atom. The van der Waals surface area contributed by atoms with Crippen molar-refractivity contribution >= 4 is 23.4 Å². The number of thioether (sulfide) groups is 1. The fraction of sp³-hybridized carbons (Fsp3) is 0.286. The molecule has 6 heteroatoms. The van der Waals surface area contributed by atoms with Gasteiger partial charge in [-0.3, -0.25) is 14.3 Å². The maximum absolute atomic E-state index is 12.6. The quantitative estimate of drug-likeness (QED) is 0.884. The zero-order valence-corrected chi connectivity index (χ0v) is 12.8. The van der Waals surface area contributed by atoms with Gasteiger partial charge in [-0.2, -0.15) is 11.8 Å². The van der Waals surface area contributed by atoms with Crippen LogP contribution in [0.1, 0.15) is 13.0 Å². The Morgan fingerprint density at radius 3 is 2.55 bits per heavy atom. The number of aromatic nitrogens is 2. The molecule has 0 amide bonds. The third kappa shape index (κ3) is 2.83. The van der Waals surface area contributed by atoms with Crippen LogP contribution in [-0.2, 0) is 0 Å². The van der Waals surface area contributed by atoms with Crippen molar-refractivity contribution in [3.63, 3.8) is 0 Å². The molecule has 20 heavy (non-hydrogen) atoms. The molecule has 0 radical (unpaired) electrons. The van der Waals surface area contributed by atoms with Gasteiger partial charge in [0.15, 0.2) is 0 Å². The van der Waals surface area contributed by atoms with E-state index in [1.54, 1.807) is 23.9 Å². The Kier molecular flexibility index (Phi) is 4.73. The largest absolute Gasteiger partial charge is 0.329 e. The van der Waals surface area contributed by atoms with E-state index in [0.717, 1.165) is 0 Å². The molecule has 1 N–H and O–H groups in total. The summed E-state index contributed by atoms with van der Waals surface area (Å²) in [4.78, 5) is 27.1. The standard InChI is InChI=1S/C14H15ClN2O2S/c1-9(8-20-2)17-13(18)11(12(15)16-14(17)19)10-6-4-3-5-7-10/h3-7,9H,8H2,1-2H3,(H,16,19). The second-order valence-electron chi connectivity index (χ2n) is 4.46. The maximum Gasteiger partial charge on any atom is 0.329 e. The normalized spacial score (nSPS) is 12.3. The molecule has 0 saturated heterocycles. The number of nitrogens with zero attached hydrogens (tertiary/aromatic N) is 1. The molecule has 1 heterocycles. The molecule has 2 rings (SSSR count). The number of rotatable bonds is 4. The van der Waals surface area contributed by atoms with Crippen LogP contribution in [0.5, 0.6) is 0 Å². The summed E-state index contributed by atoms with van der Waals surface area (Å²) in [5, 5.41) is 0.0822. The van der Waals surface area contributed by atoms with Crippen LogP contribution >= 0.6 is 23.4 Å². The molecule has 0 aliphatic rings. The van der Waals surface area contributed by atoms with Crippen molar-refractivity contribution in [3.05, 3.63) is 56.3 Å². The Morgan fingerprint density at radius 1 is 1.30 bits per heavy atom. The molecule has 106 valence electrons. The highest BCUT2D eigenvalue weighted by Gasteiger charge is 2.17. The first-order chi connectivity index (χ1) is 9.56. The highest BCUT2D eigenvalue weighted by molar-refractivity contribution is 7.98. The zero-order chi connectivity index (χ0) is 14.7. The fourth-order valence-corrected chi connectivity index (χ4v) is 3.00. The van der Waals surface area contributed by atoms with E-state index in [4.69, 9.17) is 11.6 Å². The summed E-state index contributed by atoms with van der Waals surface area (Å²) in [7, 11) is 0. The summed E-state index contributed by atoms with van der Waals surface area (Å²) in [6.07, 6.45) is 1.93. The van der Waals surface area contributed by atoms with Gasteiger partial charge in [0.05, 0.1) is 5.56 Å². The van der Waals surface area contributed by atoms with Crippen LogP contribution in [0.3, 0.4) is 0 Å². The number of nitrogens with one attached hydrogen (secondary N) is 1. The third-order valence-electron chi connectivity index (χ3n) is 3.00. The predicted molar refractivity (Wildman–Crippen MR) is 84.9 cm³/mol. The second kappa shape index (κ2) is 6.33. The molecule has 4 nitrogen and oxygen atoms in total. The lowest BCUT2D eigenvalue weighted by molar-refractivity contribution is 0.555. The van der Waals surface area contributed by atoms with Gasteiger partial charge < -0.3 is 0 Å². The van der Waals surface area contributed by atoms with E-state index in [1.807, 2.05) is 31.4 Å². The van der Waals surface area contributed by atoms with Crippen molar-refractivity contribution < 1.29 is 0 Å². The van der Waals surface area contributed by atoms with Crippen LogP contribution in [0.2, 0.25) is 5.15 Å². The van der Waals surface area contributed by atoms with E-state index in [2.05, 4.69) is 4.98 Å². The lowest BCUT2D eigenvalue weighted by Gasteiger charge is -2.14. The molecule has 0 aliphatic heterocycles. The minimum Gasteiger partial charge on any atom is -0.297 e. The van der Waals surface area contributed by atoms with Gasteiger partial charge in [-0.15, -0.1) is 0 Å². The molecule has 0 aliphatic carbocycles. The molecule has 0 saturated carbocycles. The summed E-state index contributed by atoms with van der Waals surface area (Å²) in [6, 6.07) is 8.91. The molecule has 2 aromatic rings. The summed E-state index contributed by atoms with van der Waals surface area (Å²) in [6.45, 7) is 1.84. The highest BCUT2D eigenvalue weighted by atomic mass is 35.5. The zero-order valence-electron chi connectivity index (χ0n) is 11.2. The van der Waals surface area contributed by atoms with Crippen molar-refractivity contribution in [2.24, 2.45) is 0 Å². The number of hydrogen-bond acceptors (Lipinski definition) is 3. The van der Waals surface area contributed by atoms with Gasteiger partial charge in [0.1, 0.15) is 5.15 Å². The van der Waals surface area contributed by atoms with Crippen LogP contribution in [0.4, 0.5) is 0 Å². The SMILES string of the molecule is CSCC(C)n1c(=O)[nH]c(Cl)c(-c2ccccc2)c1=O. The maximum atomic E-state index is 12.6. The topological polar surface area (TPSA) is 54.9 Å². The van der Waals surface area contributed by atoms with Gasteiger partial charge in [-0.1, -0.05) is 41.9 Å². The molecule has 0 fully saturated rings. The molecule has 1 aromatic heterocycles. The molecule has 1 aromatic carbocycles. The average molecular weight is 311 g/mol. The number of H-pyrrole nitrogens is 1. The van der Waals surface area contributed by atoms with Crippen LogP contribution in [0, 0.1) is 0 Å². The van der Waals surface area contributed by atoms with Crippen LogP contribution in [0.25, 0.3) is 11.1 Å². The summed E-state index contributed by atoms with van der Waals surface area (Å²) < 4.78 is 1.23. The fourth-order valence-electron chi connectivity index (χ4n) is 2.09. The van der Waals surface area contributed by atoms with Gasteiger partial charge in [-0.25, -0.2) is 4.79 Å². The first-order valence-corrected chi connectivity index (χ1v) is 7.92. The molecule has 1 unspecified atom stereocenters. The Hall–Kier alpha value is -1.46. The van der Waals surface area contributed by atoms with E-state index >= 15 is 0 Å². The first-order valence-electron chi connectivity index (χ1n) is 6.15. The van der Waals surface area contributed by atoms with Crippen molar-refractivity contribution in [2.75, 3.05) is 12.0 Å². The van der Waals surface area contributed by atoms with E-state index in [1.165, 1.54) is 4.57 Å². The van der Waals surface area contributed by atoms with Crippen LogP contribution in [0.15, 0.2) is 39.9 Å². The monoisotopic (exact) mass is 310 g/mol. The molecular weight excluding hydrogens is 296 g/mol. The highest BCUT2D eigenvalue weighted by Crippen LogP contribution is 2.21. The van der Waals surface area contributed by atoms with Gasteiger partial charge in [0.2, 0.25) is 0 Å². The van der Waals surface area contributed by atoms with Gasteiger partial charge in [0.25, 0.3) is 5.56 Å². The van der Waals surface area contributed by atoms with E-state index in [-0.39, 0.29) is 16.8 Å². The van der Waals surface area contributed by atoms with Crippen LogP contribution < -0.4 is 11.2 Å². The predicted octanol–water partition coefficient (Wildman–Crippen LogP) is 2.78. The molecule has 0 spiro atoms. The van der Waals surface area contributed by atoms with Crippen molar-refractivity contribution in [2.45, 2.75) is 13.0 Å². The minimum absolute atomic E-state index is 0.0822. The smallest absolute Gasteiger partial charge is 0.297 e. The van der Waals surface area contributed by atoms with Crippen LogP contribution in [-0.4, -0.2) is 21.6 Å². The summed E-state index contributed by atoms with van der Waals surface area (Å²) in [5.74, 6) is 0.679. The van der Waals surface area contributed by atoms with Gasteiger partial charge >= 0.3 is 5.69 Å². The number of halogens is 1. The lowest BCUT2D eigenvalue weighted by Crippen LogP contribution is -2.39. The number of aromatic amines is 1.